The second kappa shape index (κ2) is 14.9. The van der Waals surface area contributed by atoms with Crippen molar-refractivity contribution in [3.8, 4) is 0 Å². The van der Waals surface area contributed by atoms with Gasteiger partial charge in [-0.2, -0.15) is 0 Å². The predicted molar refractivity (Wildman–Crippen MR) is 94.7 cm³/mol. The molecule has 0 spiro atoms. The second-order valence-corrected chi connectivity index (χ2v) is 6.61. The van der Waals surface area contributed by atoms with E-state index in [1.165, 1.54) is 44.9 Å². The molecule has 23 heavy (non-hydrogen) atoms. The molecule has 1 heterocycles. The minimum Gasteiger partial charge on any atom is -0.464 e. The van der Waals surface area contributed by atoms with Gasteiger partial charge in [0.05, 0.1) is 6.61 Å². The summed E-state index contributed by atoms with van der Waals surface area (Å²) >= 11 is 0. The number of esters is 1. The summed E-state index contributed by atoms with van der Waals surface area (Å²) in [4.78, 5) is 14.0. The monoisotopic (exact) mass is 327 g/mol. The van der Waals surface area contributed by atoms with E-state index < -0.39 is 0 Å². The average Bonchev–Trinajstić information content (AvgIpc) is 2.82. The van der Waals surface area contributed by atoms with Crippen LogP contribution in [-0.4, -0.2) is 50.3 Å². The van der Waals surface area contributed by atoms with Crippen molar-refractivity contribution in [1.29, 1.82) is 0 Å². The summed E-state index contributed by atoms with van der Waals surface area (Å²) in [5, 5.41) is 0. The van der Waals surface area contributed by atoms with Crippen LogP contribution in [0.15, 0.2) is 0 Å². The molecular formula is C19H37NO3. The topological polar surface area (TPSA) is 38.8 Å². The fourth-order valence-corrected chi connectivity index (χ4v) is 2.96. The molecule has 1 rings (SSSR count). The van der Waals surface area contributed by atoms with Crippen molar-refractivity contribution < 1.29 is 14.3 Å². The first-order valence-electron chi connectivity index (χ1n) is 9.78. The predicted octanol–water partition coefficient (Wildman–Crippen LogP) is 4.17. The first-order valence-corrected chi connectivity index (χ1v) is 9.78. The fraction of sp³-hybridized carbons (Fsp3) is 0.947. The third-order valence-electron chi connectivity index (χ3n) is 4.47. The Morgan fingerprint density at radius 1 is 0.957 bits per heavy atom. The van der Waals surface area contributed by atoms with Crippen LogP contribution in [-0.2, 0) is 14.3 Å². The third-order valence-corrected chi connectivity index (χ3v) is 4.47. The van der Waals surface area contributed by atoms with Crippen LogP contribution >= 0.6 is 0 Å². The van der Waals surface area contributed by atoms with Gasteiger partial charge in [0, 0.05) is 32.7 Å². The zero-order chi connectivity index (χ0) is 16.6. The Balaban J connectivity index is 1.84. The first kappa shape index (κ1) is 20.4. The zero-order valence-corrected chi connectivity index (χ0v) is 15.2. The Hall–Kier alpha value is -0.610. The SMILES string of the molecule is CCCCCCCCCCCC(=O)OCCN1CCCOCC1. The van der Waals surface area contributed by atoms with Crippen LogP contribution in [0, 0.1) is 0 Å². The number of carbonyl (C=O) groups excluding carboxylic acids is 1. The van der Waals surface area contributed by atoms with Gasteiger partial charge in [-0.3, -0.25) is 9.69 Å². The van der Waals surface area contributed by atoms with E-state index in [2.05, 4.69) is 11.8 Å². The standard InChI is InChI=1S/C19H37NO3/c1-2-3-4-5-6-7-8-9-10-12-19(21)23-18-15-20-13-11-16-22-17-14-20/h2-18H2,1H3. The second-order valence-electron chi connectivity index (χ2n) is 6.61. The van der Waals surface area contributed by atoms with Gasteiger partial charge in [0.25, 0.3) is 0 Å². The highest BCUT2D eigenvalue weighted by molar-refractivity contribution is 5.69. The summed E-state index contributed by atoms with van der Waals surface area (Å²) in [6, 6.07) is 0. The van der Waals surface area contributed by atoms with E-state index in [0.717, 1.165) is 52.1 Å². The van der Waals surface area contributed by atoms with Gasteiger partial charge >= 0.3 is 5.97 Å². The fourth-order valence-electron chi connectivity index (χ4n) is 2.96. The highest BCUT2D eigenvalue weighted by Gasteiger charge is 2.10. The number of hydrogen-bond donors (Lipinski definition) is 0. The van der Waals surface area contributed by atoms with Crippen LogP contribution in [0.25, 0.3) is 0 Å². The van der Waals surface area contributed by atoms with E-state index in [4.69, 9.17) is 9.47 Å². The van der Waals surface area contributed by atoms with E-state index in [1.807, 2.05) is 0 Å². The molecule has 0 aliphatic carbocycles. The lowest BCUT2D eigenvalue weighted by Crippen LogP contribution is -2.30. The van der Waals surface area contributed by atoms with E-state index in [-0.39, 0.29) is 5.97 Å². The van der Waals surface area contributed by atoms with Crippen molar-refractivity contribution in [1.82, 2.24) is 4.90 Å². The summed E-state index contributed by atoms with van der Waals surface area (Å²) in [5.74, 6) is -0.0287. The van der Waals surface area contributed by atoms with Gasteiger partial charge < -0.3 is 9.47 Å². The molecule has 0 aromatic rings. The highest BCUT2D eigenvalue weighted by Crippen LogP contribution is 2.10. The molecule has 1 aliphatic heterocycles. The smallest absolute Gasteiger partial charge is 0.305 e. The first-order chi connectivity index (χ1) is 11.3. The number of unbranched alkanes of at least 4 members (excludes halogenated alkanes) is 8. The molecule has 0 N–H and O–H groups in total. The summed E-state index contributed by atoms with van der Waals surface area (Å²) in [7, 11) is 0. The number of nitrogens with zero attached hydrogens (tertiary/aromatic N) is 1. The van der Waals surface area contributed by atoms with Gasteiger partial charge in [0.1, 0.15) is 6.61 Å². The minimum atomic E-state index is -0.0287. The summed E-state index contributed by atoms with van der Waals surface area (Å²) in [6.45, 7) is 7.28. The summed E-state index contributed by atoms with van der Waals surface area (Å²) < 4.78 is 10.8. The maximum absolute atomic E-state index is 11.7. The van der Waals surface area contributed by atoms with E-state index >= 15 is 0 Å². The lowest BCUT2D eigenvalue weighted by molar-refractivity contribution is -0.144. The van der Waals surface area contributed by atoms with Crippen LogP contribution in [0.4, 0.5) is 0 Å². The highest BCUT2D eigenvalue weighted by atomic mass is 16.5. The maximum Gasteiger partial charge on any atom is 0.305 e. The van der Waals surface area contributed by atoms with Gasteiger partial charge in [-0.15, -0.1) is 0 Å². The third kappa shape index (κ3) is 12.5. The van der Waals surface area contributed by atoms with E-state index in [0.29, 0.717) is 13.0 Å². The molecule has 4 nitrogen and oxygen atoms in total. The Kier molecular flexibility index (Phi) is 13.3. The Morgan fingerprint density at radius 3 is 2.39 bits per heavy atom. The molecular weight excluding hydrogens is 290 g/mol. The van der Waals surface area contributed by atoms with Crippen LogP contribution in [0.1, 0.15) is 77.6 Å². The molecule has 0 saturated carbocycles. The van der Waals surface area contributed by atoms with Crippen molar-refractivity contribution in [2.75, 3.05) is 39.5 Å². The molecule has 1 saturated heterocycles. The maximum atomic E-state index is 11.7. The van der Waals surface area contributed by atoms with E-state index in [1.54, 1.807) is 0 Å². The van der Waals surface area contributed by atoms with Crippen molar-refractivity contribution in [3.63, 3.8) is 0 Å². The molecule has 0 aromatic heterocycles. The molecule has 0 atom stereocenters. The van der Waals surface area contributed by atoms with Crippen LogP contribution in [0.3, 0.4) is 0 Å². The number of hydrogen-bond acceptors (Lipinski definition) is 4. The number of carbonyl (C=O) groups is 1. The number of rotatable bonds is 13. The zero-order valence-electron chi connectivity index (χ0n) is 15.2. The number of ether oxygens (including phenoxy) is 2. The quantitative estimate of drug-likeness (QED) is 0.376. The Bertz CT molecular complexity index is 276. The average molecular weight is 328 g/mol. The molecule has 1 aliphatic rings. The van der Waals surface area contributed by atoms with E-state index in [9.17, 15) is 4.79 Å². The molecule has 0 bridgehead atoms. The van der Waals surface area contributed by atoms with Crippen molar-refractivity contribution in [2.24, 2.45) is 0 Å². The molecule has 136 valence electrons. The molecule has 1 fully saturated rings. The van der Waals surface area contributed by atoms with Crippen LogP contribution in [0.2, 0.25) is 0 Å². The molecule has 0 aromatic carbocycles. The van der Waals surface area contributed by atoms with Crippen molar-refractivity contribution in [2.45, 2.75) is 77.6 Å². The Labute approximate surface area is 142 Å². The van der Waals surface area contributed by atoms with Crippen LogP contribution < -0.4 is 0 Å². The van der Waals surface area contributed by atoms with Gasteiger partial charge in [-0.1, -0.05) is 58.3 Å². The Morgan fingerprint density at radius 2 is 1.65 bits per heavy atom. The van der Waals surface area contributed by atoms with Gasteiger partial charge in [0.15, 0.2) is 0 Å². The molecule has 0 unspecified atom stereocenters. The minimum absolute atomic E-state index is 0.0287. The lowest BCUT2D eigenvalue weighted by Gasteiger charge is -2.18. The summed E-state index contributed by atoms with van der Waals surface area (Å²) in [5.41, 5.74) is 0. The summed E-state index contributed by atoms with van der Waals surface area (Å²) in [6.07, 6.45) is 13.2. The molecule has 0 amide bonds. The lowest BCUT2D eigenvalue weighted by atomic mass is 10.1. The normalized spacial score (nSPS) is 16.2. The van der Waals surface area contributed by atoms with Crippen LogP contribution in [0.5, 0.6) is 0 Å². The van der Waals surface area contributed by atoms with Crippen molar-refractivity contribution in [3.05, 3.63) is 0 Å². The molecule has 4 heteroatoms. The largest absolute Gasteiger partial charge is 0.464 e. The molecule has 0 radical (unpaired) electrons. The van der Waals surface area contributed by atoms with Crippen molar-refractivity contribution >= 4 is 5.97 Å². The van der Waals surface area contributed by atoms with Gasteiger partial charge in [0.2, 0.25) is 0 Å². The van der Waals surface area contributed by atoms with Gasteiger partial charge in [-0.05, 0) is 12.8 Å². The van der Waals surface area contributed by atoms with Gasteiger partial charge in [-0.25, -0.2) is 0 Å².